The van der Waals surface area contributed by atoms with Crippen LogP contribution in [-0.4, -0.2) is 5.91 Å². The highest BCUT2D eigenvalue weighted by Crippen LogP contribution is 2.29. The Balaban J connectivity index is 1.89. The van der Waals surface area contributed by atoms with E-state index in [-0.39, 0.29) is 10.9 Å². The zero-order chi connectivity index (χ0) is 15.0. The molecule has 0 atom stereocenters. The van der Waals surface area contributed by atoms with Crippen LogP contribution in [0.2, 0.25) is 5.02 Å². The van der Waals surface area contributed by atoms with Crippen LogP contribution in [-0.2, 0) is 0 Å². The summed E-state index contributed by atoms with van der Waals surface area (Å²) < 4.78 is 14.0. The van der Waals surface area contributed by atoms with Gasteiger partial charge in [0.2, 0.25) is 0 Å². The lowest BCUT2D eigenvalue weighted by Gasteiger charge is -2.05. The fourth-order valence-electron chi connectivity index (χ4n) is 1.95. The van der Waals surface area contributed by atoms with Crippen molar-refractivity contribution in [1.29, 1.82) is 0 Å². The molecule has 0 fully saturated rings. The zero-order valence-electron chi connectivity index (χ0n) is 10.7. The first kappa shape index (κ1) is 13.9. The summed E-state index contributed by atoms with van der Waals surface area (Å²) in [6, 6.07) is 11.1. The first-order chi connectivity index (χ1) is 10.0. The SMILES string of the molecule is Nc1ccc2sc(C(=O)Nc3ccc(F)cc3Cl)cc2c1. The number of amides is 1. The monoisotopic (exact) mass is 320 g/mol. The Morgan fingerprint density at radius 1 is 1.19 bits per heavy atom. The topological polar surface area (TPSA) is 55.1 Å². The fraction of sp³-hybridized carbons (Fsp3) is 0. The molecule has 3 aromatic rings. The molecule has 106 valence electrons. The quantitative estimate of drug-likeness (QED) is 0.682. The highest BCUT2D eigenvalue weighted by atomic mass is 35.5. The predicted molar refractivity (Wildman–Crippen MR) is 85.6 cm³/mol. The number of thiophene rings is 1. The van der Waals surface area contributed by atoms with Gasteiger partial charge in [0.05, 0.1) is 15.6 Å². The summed E-state index contributed by atoms with van der Waals surface area (Å²) >= 11 is 7.25. The lowest BCUT2D eigenvalue weighted by atomic mass is 10.2. The second-order valence-electron chi connectivity index (χ2n) is 4.49. The summed E-state index contributed by atoms with van der Waals surface area (Å²) in [7, 11) is 0. The zero-order valence-corrected chi connectivity index (χ0v) is 12.3. The number of nitrogens with two attached hydrogens (primary N) is 1. The minimum absolute atomic E-state index is 0.161. The molecule has 1 heterocycles. The van der Waals surface area contributed by atoms with Gasteiger partial charge in [-0.25, -0.2) is 4.39 Å². The molecule has 0 unspecified atom stereocenters. The van der Waals surface area contributed by atoms with Crippen molar-refractivity contribution in [2.75, 3.05) is 11.1 Å². The number of anilines is 2. The summed E-state index contributed by atoms with van der Waals surface area (Å²) in [6.07, 6.45) is 0. The van der Waals surface area contributed by atoms with Gasteiger partial charge in [-0.05, 0) is 47.9 Å². The van der Waals surface area contributed by atoms with Gasteiger partial charge in [0.25, 0.3) is 5.91 Å². The molecule has 6 heteroatoms. The van der Waals surface area contributed by atoms with Crippen molar-refractivity contribution in [2.45, 2.75) is 0 Å². The lowest BCUT2D eigenvalue weighted by Crippen LogP contribution is -2.10. The Morgan fingerprint density at radius 2 is 2.00 bits per heavy atom. The van der Waals surface area contributed by atoms with Gasteiger partial charge in [0, 0.05) is 10.4 Å². The van der Waals surface area contributed by atoms with Gasteiger partial charge in [-0.1, -0.05) is 11.6 Å². The number of halogens is 2. The van der Waals surface area contributed by atoms with Crippen molar-refractivity contribution >= 4 is 50.3 Å². The van der Waals surface area contributed by atoms with E-state index >= 15 is 0 Å². The van der Waals surface area contributed by atoms with E-state index < -0.39 is 5.82 Å². The van der Waals surface area contributed by atoms with Crippen molar-refractivity contribution < 1.29 is 9.18 Å². The highest BCUT2D eigenvalue weighted by molar-refractivity contribution is 7.20. The lowest BCUT2D eigenvalue weighted by molar-refractivity contribution is 0.103. The molecule has 0 spiro atoms. The van der Waals surface area contributed by atoms with Crippen LogP contribution in [0.4, 0.5) is 15.8 Å². The van der Waals surface area contributed by atoms with E-state index in [1.165, 1.54) is 23.5 Å². The largest absolute Gasteiger partial charge is 0.399 e. The normalized spacial score (nSPS) is 10.8. The fourth-order valence-corrected chi connectivity index (χ4v) is 3.10. The Labute approximate surface area is 129 Å². The number of carbonyl (C=O) groups is 1. The maximum atomic E-state index is 13.0. The molecule has 0 bridgehead atoms. The van der Waals surface area contributed by atoms with Crippen molar-refractivity contribution in [3.63, 3.8) is 0 Å². The number of benzene rings is 2. The van der Waals surface area contributed by atoms with Crippen LogP contribution in [0, 0.1) is 5.82 Å². The first-order valence-corrected chi connectivity index (χ1v) is 7.28. The Bertz CT molecular complexity index is 847. The minimum Gasteiger partial charge on any atom is -0.399 e. The molecule has 3 rings (SSSR count). The Kier molecular flexibility index (Phi) is 3.53. The van der Waals surface area contributed by atoms with E-state index in [1.54, 1.807) is 12.1 Å². The van der Waals surface area contributed by atoms with Crippen LogP contribution < -0.4 is 11.1 Å². The van der Waals surface area contributed by atoms with Gasteiger partial charge in [-0.2, -0.15) is 0 Å². The van der Waals surface area contributed by atoms with E-state index in [2.05, 4.69) is 5.32 Å². The number of hydrogen-bond donors (Lipinski definition) is 2. The molecule has 0 saturated carbocycles. The van der Waals surface area contributed by atoms with Gasteiger partial charge in [-0.3, -0.25) is 4.79 Å². The van der Waals surface area contributed by atoms with Gasteiger partial charge < -0.3 is 11.1 Å². The van der Waals surface area contributed by atoms with Crippen LogP contribution in [0.3, 0.4) is 0 Å². The molecule has 0 radical (unpaired) electrons. The van der Waals surface area contributed by atoms with Crippen molar-refractivity contribution in [1.82, 2.24) is 0 Å². The summed E-state index contributed by atoms with van der Waals surface area (Å²) in [5.41, 5.74) is 6.74. The molecule has 1 aromatic heterocycles. The average Bonchev–Trinajstić information content (AvgIpc) is 2.85. The van der Waals surface area contributed by atoms with Gasteiger partial charge >= 0.3 is 0 Å². The van der Waals surface area contributed by atoms with Crippen LogP contribution in [0.25, 0.3) is 10.1 Å². The molecule has 21 heavy (non-hydrogen) atoms. The molecule has 0 aliphatic carbocycles. The van der Waals surface area contributed by atoms with E-state index in [1.807, 2.05) is 12.1 Å². The van der Waals surface area contributed by atoms with Crippen molar-refractivity contribution in [3.05, 3.63) is 58.2 Å². The maximum Gasteiger partial charge on any atom is 0.265 e. The summed E-state index contributed by atoms with van der Waals surface area (Å²) in [6.45, 7) is 0. The number of fused-ring (bicyclic) bond motifs is 1. The number of nitrogens with one attached hydrogen (secondary N) is 1. The summed E-state index contributed by atoms with van der Waals surface area (Å²) in [5, 5.41) is 3.74. The average molecular weight is 321 g/mol. The smallest absolute Gasteiger partial charge is 0.265 e. The van der Waals surface area contributed by atoms with E-state index in [0.717, 1.165) is 16.2 Å². The number of rotatable bonds is 2. The van der Waals surface area contributed by atoms with Crippen LogP contribution in [0.5, 0.6) is 0 Å². The predicted octanol–water partition coefficient (Wildman–Crippen LogP) is 4.53. The van der Waals surface area contributed by atoms with E-state index in [4.69, 9.17) is 17.3 Å². The molecular weight excluding hydrogens is 311 g/mol. The molecule has 2 aromatic carbocycles. The molecular formula is C15H10ClFN2OS. The Hall–Kier alpha value is -2.11. The standard InChI is InChI=1S/C15H10ClFN2OS/c16-11-7-9(17)1-3-12(11)19-15(20)14-6-8-5-10(18)2-4-13(8)21-14/h1-7H,18H2,(H,19,20). The Morgan fingerprint density at radius 3 is 2.76 bits per heavy atom. The molecule has 3 N–H and O–H groups in total. The molecule has 3 nitrogen and oxygen atoms in total. The molecule has 1 amide bonds. The first-order valence-electron chi connectivity index (χ1n) is 6.08. The minimum atomic E-state index is -0.449. The number of carbonyl (C=O) groups excluding carboxylic acids is 1. The van der Waals surface area contributed by atoms with Gasteiger partial charge in [0.1, 0.15) is 5.82 Å². The van der Waals surface area contributed by atoms with Crippen LogP contribution in [0.1, 0.15) is 9.67 Å². The third kappa shape index (κ3) is 2.84. The third-order valence-corrected chi connectivity index (χ3v) is 4.37. The van der Waals surface area contributed by atoms with Crippen molar-refractivity contribution in [3.8, 4) is 0 Å². The van der Waals surface area contributed by atoms with Gasteiger partial charge in [0.15, 0.2) is 0 Å². The molecule has 0 aliphatic rings. The van der Waals surface area contributed by atoms with E-state index in [0.29, 0.717) is 16.3 Å². The van der Waals surface area contributed by atoms with Crippen molar-refractivity contribution in [2.24, 2.45) is 0 Å². The van der Waals surface area contributed by atoms with Crippen LogP contribution in [0.15, 0.2) is 42.5 Å². The van der Waals surface area contributed by atoms with Crippen LogP contribution >= 0.6 is 22.9 Å². The molecule has 0 saturated heterocycles. The number of nitrogen functional groups attached to an aromatic ring is 1. The number of hydrogen-bond acceptors (Lipinski definition) is 3. The van der Waals surface area contributed by atoms with E-state index in [9.17, 15) is 9.18 Å². The summed E-state index contributed by atoms with van der Waals surface area (Å²) in [5.74, 6) is -0.737. The molecule has 0 aliphatic heterocycles. The second-order valence-corrected chi connectivity index (χ2v) is 5.98. The highest BCUT2D eigenvalue weighted by Gasteiger charge is 2.12. The summed E-state index contributed by atoms with van der Waals surface area (Å²) in [4.78, 5) is 12.8. The van der Waals surface area contributed by atoms with Gasteiger partial charge in [-0.15, -0.1) is 11.3 Å². The second kappa shape index (κ2) is 5.35. The third-order valence-electron chi connectivity index (χ3n) is 2.94. The maximum absolute atomic E-state index is 13.0.